The Hall–Kier alpha value is -2.20. The molecule has 130 valence electrons. The van der Waals surface area contributed by atoms with Gasteiger partial charge in [0, 0.05) is 35.6 Å². The van der Waals surface area contributed by atoms with Crippen LogP contribution in [0.4, 0.5) is 15.8 Å². The molecule has 6 nitrogen and oxygen atoms in total. The monoisotopic (exact) mass is 455 g/mol. The number of halogens is 2. The molecule has 2 aromatic heterocycles. The van der Waals surface area contributed by atoms with Gasteiger partial charge in [0.05, 0.1) is 17.7 Å². The van der Waals surface area contributed by atoms with E-state index in [9.17, 15) is 14.3 Å². The van der Waals surface area contributed by atoms with Crippen molar-refractivity contribution in [3.63, 3.8) is 0 Å². The van der Waals surface area contributed by atoms with E-state index in [2.05, 4.69) is 10.3 Å². The van der Waals surface area contributed by atoms with Crippen molar-refractivity contribution >= 4 is 50.8 Å². The number of carbonyl (C=O) groups excluding carboxylic acids is 1. The lowest BCUT2D eigenvalue weighted by Crippen LogP contribution is -2.22. The molecule has 0 aliphatic rings. The molecule has 0 radical (unpaired) electrons. The van der Waals surface area contributed by atoms with Crippen LogP contribution in [0.2, 0.25) is 0 Å². The first-order valence-electron chi connectivity index (χ1n) is 7.36. The van der Waals surface area contributed by atoms with Crippen molar-refractivity contribution in [1.82, 2.24) is 9.88 Å². The van der Waals surface area contributed by atoms with Crippen LogP contribution in [0.5, 0.6) is 0 Å². The van der Waals surface area contributed by atoms with E-state index in [4.69, 9.17) is 4.42 Å². The third-order valence-corrected chi connectivity index (χ3v) is 4.30. The molecule has 0 atom stereocenters. The number of hydrogen-bond acceptors (Lipinski definition) is 5. The smallest absolute Gasteiger partial charge is 0.291 e. The summed E-state index contributed by atoms with van der Waals surface area (Å²) in [5.74, 6) is -0.801. The summed E-state index contributed by atoms with van der Waals surface area (Å²) < 4.78 is 20.7. The van der Waals surface area contributed by atoms with Crippen molar-refractivity contribution in [2.24, 2.45) is 0 Å². The number of nitrogens with one attached hydrogen (secondary N) is 1. The zero-order valence-electron chi connectivity index (χ0n) is 13.5. The lowest BCUT2D eigenvalue weighted by atomic mass is 10.2. The lowest BCUT2D eigenvalue weighted by molar-refractivity contribution is 0.0800. The Morgan fingerprint density at radius 3 is 2.80 bits per heavy atom. The van der Waals surface area contributed by atoms with Gasteiger partial charge in [-0.2, -0.15) is 0 Å². The maximum atomic E-state index is 14.2. The van der Waals surface area contributed by atoms with Crippen LogP contribution >= 0.6 is 22.6 Å². The molecule has 0 aliphatic heterocycles. The van der Waals surface area contributed by atoms with Crippen LogP contribution in [0.3, 0.4) is 0 Å². The molecule has 0 unspecified atom stereocenters. The fraction of sp³-hybridized carbons (Fsp3) is 0.176. The highest BCUT2D eigenvalue weighted by Crippen LogP contribution is 2.35. The Kier molecular flexibility index (Phi) is 4.91. The molecule has 0 bridgehead atoms. The largest absolute Gasteiger partial charge is 0.448 e. The minimum absolute atomic E-state index is 0.0284. The van der Waals surface area contributed by atoms with Gasteiger partial charge in [0.15, 0.2) is 0 Å². The number of furan rings is 1. The summed E-state index contributed by atoms with van der Waals surface area (Å²) in [5.41, 5.74) is 1.32. The summed E-state index contributed by atoms with van der Waals surface area (Å²) >= 11 is 2.02. The first kappa shape index (κ1) is 17.6. The minimum atomic E-state index is -0.448. The molecule has 0 saturated heterocycles. The number of hydrogen-bond donors (Lipinski definition) is 2. The molecule has 25 heavy (non-hydrogen) atoms. The fourth-order valence-electron chi connectivity index (χ4n) is 2.38. The molecule has 0 aliphatic carbocycles. The van der Waals surface area contributed by atoms with Crippen LogP contribution in [0.25, 0.3) is 11.0 Å². The second-order valence-corrected chi connectivity index (χ2v) is 6.83. The number of aliphatic hydroxyl groups is 1. The summed E-state index contributed by atoms with van der Waals surface area (Å²) in [6.45, 7) is -0.287. The molecule has 0 spiro atoms. The Labute approximate surface area is 156 Å². The van der Waals surface area contributed by atoms with Gasteiger partial charge < -0.3 is 19.7 Å². The van der Waals surface area contributed by atoms with Gasteiger partial charge in [0.1, 0.15) is 17.1 Å². The lowest BCUT2D eigenvalue weighted by Gasteiger charge is -2.11. The van der Waals surface area contributed by atoms with Gasteiger partial charge in [-0.05, 0) is 40.8 Å². The molecule has 0 saturated carbocycles. The molecule has 2 N–H and O–H groups in total. The highest BCUT2D eigenvalue weighted by atomic mass is 127. The number of anilines is 2. The van der Waals surface area contributed by atoms with Gasteiger partial charge in [0.25, 0.3) is 5.91 Å². The van der Waals surface area contributed by atoms with Gasteiger partial charge in [-0.25, -0.2) is 4.39 Å². The van der Waals surface area contributed by atoms with Gasteiger partial charge in [-0.1, -0.05) is 0 Å². The first-order valence-corrected chi connectivity index (χ1v) is 8.44. The number of aromatic nitrogens is 1. The Morgan fingerprint density at radius 2 is 2.16 bits per heavy atom. The normalized spacial score (nSPS) is 10.9. The van der Waals surface area contributed by atoms with E-state index in [0.717, 1.165) is 3.57 Å². The fourth-order valence-corrected chi connectivity index (χ4v) is 2.84. The summed E-state index contributed by atoms with van der Waals surface area (Å²) in [6.07, 6.45) is 2.97. The average Bonchev–Trinajstić information content (AvgIpc) is 2.95. The summed E-state index contributed by atoms with van der Waals surface area (Å²) in [4.78, 5) is 17.9. The molecule has 3 aromatic rings. The van der Waals surface area contributed by atoms with Crippen molar-refractivity contribution in [2.75, 3.05) is 19.4 Å². The minimum Gasteiger partial charge on any atom is -0.448 e. The molecule has 1 aromatic carbocycles. The predicted octanol–water partition coefficient (Wildman–Crippen LogP) is 3.51. The zero-order chi connectivity index (χ0) is 18.1. The standard InChI is InChI=1S/C17H15FIN3O3/c1-22(2)17(24)16-14(21-13-4-3-10(19)5-12(13)18)11-7-20-6-9(8-23)15(11)25-16/h3-7,21,23H,8H2,1-2H3. The number of amides is 1. The molecule has 1 amide bonds. The van der Waals surface area contributed by atoms with Crippen molar-refractivity contribution in [3.05, 3.63) is 51.3 Å². The van der Waals surface area contributed by atoms with Crippen LogP contribution < -0.4 is 5.32 Å². The Balaban J connectivity index is 2.20. The number of pyridine rings is 1. The van der Waals surface area contributed by atoms with E-state index in [1.165, 1.54) is 23.4 Å². The van der Waals surface area contributed by atoms with E-state index in [1.807, 2.05) is 22.6 Å². The number of carbonyl (C=O) groups is 1. The maximum absolute atomic E-state index is 14.2. The number of rotatable bonds is 4. The van der Waals surface area contributed by atoms with Crippen LogP contribution in [-0.2, 0) is 6.61 Å². The third-order valence-electron chi connectivity index (χ3n) is 3.63. The quantitative estimate of drug-likeness (QED) is 0.589. The van der Waals surface area contributed by atoms with Crippen LogP contribution in [0.15, 0.2) is 35.0 Å². The summed E-state index contributed by atoms with van der Waals surface area (Å²) in [7, 11) is 3.19. The molecule has 2 heterocycles. The average molecular weight is 455 g/mol. The van der Waals surface area contributed by atoms with Gasteiger partial charge in [-0.3, -0.25) is 9.78 Å². The molecular formula is C17H15FIN3O3. The number of fused-ring (bicyclic) bond motifs is 1. The Bertz CT molecular complexity index is 956. The summed E-state index contributed by atoms with van der Waals surface area (Å²) in [5, 5.41) is 12.9. The van der Waals surface area contributed by atoms with Crippen LogP contribution in [-0.4, -0.2) is 35.0 Å². The van der Waals surface area contributed by atoms with Gasteiger partial charge in [0.2, 0.25) is 5.76 Å². The Morgan fingerprint density at radius 1 is 1.40 bits per heavy atom. The first-order chi connectivity index (χ1) is 11.9. The van der Waals surface area contributed by atoms with E-state index in [0.29, 0.717) is 22.2 Å². The van der Waals surface area contributed by atoms with E-state index >= 15 is 0 Å². The van der Waals surface area contributed by atoms with E-state index < -0.39 is 5.82 Å². The highest BCUT2D eigenvalue weighted by Gasteiger charge is 2.24. The SMILES string of the molecule is CN(C)C(=O)c1oc2c(CO)cncc2c1Nc1ccc(I)cc1F. The second kappa shape index (κ2) is 6.96. The predicted molar refractivity (Wildman–Crippen MR) is 100 cm³/mol. The van der Waals surface area contributed by atoms with Crippen LogP contribution in [0, 0.1) is 9.39 Å². The highest BCUT2D eigenvalue weighted by molar-refractivity contribution is 14.1. The van der Waals surface area contributed by atoms with Crippen molar-refractivity contribution in [2.45, 2.75) is 6.61 Å². The number of aliphatic hydroxyl groups excluding tert-OH is 1. The molecule has 8 heteroatoms. The van der Waals surface area contributed by atoms with Gasteiger partial charge >= 0.3 is 0 Å². The van der Waals surface area contributed by atoms with Crippen LogP contribution in [0.1, 0.15) is 16.1 Å². The number of benzene rings is 1. The van der Waals surface area contributed by atoms with Crippen molar-refractivity contribution < 1.29 is 18.7 Å². The van der Waals surface area contributed by atoms with E-state index in [1.54, 1.807) is 26.2 Å². The molecular weight excluding hydrogens is 440 g/mol. The summed E-state index contributed by atoms with van der Waals surface area (Å²) in [6, 6.07) is 4.72. The van der Waals surface area contributed by atoms with Gasteiger partial charge in [-0.15, -0.1) is 0 Å². The third kappa shape index (κ3) is 3.31. The maximum Gasteiger partial charge on any atom is 0.291 e. The van der Waals surface area contributed by atoms with E-state index in [-0.39, 0.29) is 24.0 Å². The topological polar surface area (TPSA) is 78.6 Å². The zero-order valence-corrected chi connectivity index (χ0v) is 15.7. The second-order valence-electron chi connectivity index (χ2n) is 5.59. The number of nitrogens with zero attached hydrogens (tertiary/aromatic N) is 2. The molecule has 0 fully saturated rings. The van der Waals surface area contributed by atoms with Crippen molar-refractivity contribution in [3.8, 4) is 0 Å². The van der Waals surface area contributed by atoms with Crippen molar-refractivity contribution in [1.29, 1.82) is 0 Å². The molecule has 3 rings (SSSR count).